The van der Waals surface area contributed by atoms with Crippen molar-refractivity contribution in [1.82, 2.24) is 10.3 Å². The van der Waals surface area contributed by atoms with Gasteiger partial charge in [-0.3, -0.25) is 4.79 Å². The number of benzene rings is 2. The first-order valence-electron chi connectivity index (χ1n) is 8.40. The van der Waals surface area contributed by atoms with Crippen LogP contribution in [0.15, 0.2) is 54.6 Å². The lowest BCUT2D eigenvalue weighted by Crippen LogP contribution is -2.27. The Morgan fingerprint density at radius 3 is 2.81 bits per heavy atom. The highest BCUT2D eigenvalue weighted by Gasteiger charge is 2.06. The highest BCUT2D eigenvalue weighted by Crippen LogP contribution is 2.22. The fourth-order valence-electron chi connectivity index (χ4n) is 2.58. The van der Waals surface area contributed by atoms with E-state index in [2.05, 4.69) is 10.3 Å². The molecule has 0 saturated carbocycles. The summed E-state index contributed by atoms with van der Waals surface area (Å²) in [5.41, 5.74) is 1.50. The van der Waals surface area contributed by atoms with E-state index in [0.717, 1.165) is 21.6 Å². The van der Waals surface area contributed by atoms with Crippen molar-refractivity contribution in [1.29, 1.82) is 0 Å². The van der Waals surface area contributed by atoms with Gasteiger partial charge in [0.25, 0.3) is 0 Å². The van der Waals surface area contributed by atoms with Gasteiger partial charge in [-0.1, -0.05) is 24.3 Å². The van der Waals surface area contributed by atoms with Crippen molar-refractivity contribution in [2.75, 3.05) is 25.0 Å². The number of para-hydroxylation sites is 2. The largest absolute Gasteiger partial charge is 0.372 e. The van der Waals surface area contributed by atoms with E-state index in [1.54, 1.807) is 29.5 Å². The first-order chi connectivity index (χ1) is 12.6. The zero-order valence-electron chi connectivity index (χ0n) is 14.5. The highest BCUT2D eigenvalue weighted by molar-refractivity contribution is 7.19. The second-order valence-electron chi connectivity index (χ2n) is 5.87. The molecule has 3 aromatic rings. The number of nitrogens with one attached hydrogen (secondary N) is 1. The average molecular weight is 369 g/mol. The van der Waals surface area contributed by atoms with Crippen LogP contribution in [0.3, 0.4) is 0 Å². The Balaban J connectivity index is 1.43. The fourth-order valence-corrected chi connectivity index (χ4v) is 3.45. The number of carbonyl (C=O) groups is 1. The van der Waals surface area contributed by atoms with E-state index in [9.17, 15) is 9.18 Å². The van der Waals surface area contributed by atoms with Crippen LogP contribution in [0.4, 0.5) is 10.1 Å². The molecule has 1 amide bonds. The number of hydrogen-bond donors (Lipinski definition) is 1. The maximum Gasteiger partial charge on any atom is 0.244 e. The molecule has 134 valence electrons. The summed E-state index contributed by atoms with van der Waals surface area (Å²) in [6.07, 6.45) is 3.95. The number of fused-ring (bicyclic) bond motifs is 1. The third-order valence-electron chi connectivity index (χ3n) is 3.92. The number of carbonyl (C=O) groups excluding carboxylic acids is 1. The van der Waals surface area contributed by atoms with E-state index in [4.69, 9.17) is 0 Å². The van der Waals surface area contributed by atoms with Gasteiger partial charge in [-0.2, -0.15) is 0 Å². The molecule has 4 nitrogen and oxygen atoms in total. The molecule has 0 fully saturated rings. The molecule has 0 radical (unpaired) electrons. The number of thiazole rings is 1. The molecule has 0 saturated heterocycles. The Hall–Kier alpha value is -2.73. The molecule has 0 aliphatic rings. The van der Waals surface area contributed by atoms with E-state index >= 15 is 0 Å². The van der Waals surface area contributed by atoms with Crippen molar-refractivity contribution in [3.8, 4) is 0 Å². The van der Waals surface area contributed by atoms with Gasteiger partial charge in [-0.15, -0.1) is 11.3 Å². The molecule has 0 unspecified atom stereocenters. The van der Waals surface area contributed by atoms with Crippen LogP contribution in [0.25, 0.3) is 16.3 Å². The quantitative estimate of drug-likeness (QED) is 0.504. The van der Waals surface area contributed by atoms with Crippen LogP contribution in [0.1, 0.15) is 11.4 Å². The van der Waals surface area contributed by atoms with E-state index in [-0.39, 0.29) is 11.7 Å². The summed E-state index contributed by atoms with van der Waals surface area (Å²) in [5, 5.41) is 3.64. The van der Waals surface area contributed by atoms with Gasteiger partial charge < -0.3 is 10.2 Å². The summed E-state index contributed by atoms with van der Waals surface area (Å²) in [6, 6.07) is 14.6. The van der Waals surface area contributed by atoms with Crippen LogP contribution in [-0.4, -0.2) is 31.0 Å². The number of nitrogens with zero attached hydrogens (tertiary/aromatic N) is 2. The van der Waals surface area contributed by atoms with Crippen molar-refractivity contribution < 1.29 is 9.18 Å². The minimum atomic E-state index is -0.238. The monoisotopic (exact) mass is 369 g/mol. The van der Waals surface area contributed by atoms with Gasteiger partial charge in [0.2, 0.25) is 5.91 Å². The standard InChI is InChI=1S/C20H20FN3OS/c1-24(17-9-4-2-7-15(17)21)14-6-13-22-19(25)11-12-20-23-16-8-3-5-10-18(16)26-20/h2-5,7-12H,6,13-14H2,1H3,(H,22,25)/b12-11+. The molecule has 0 atom stereocenters. The first-order valence-corrected chi connectivity index (χ1v) is 9.22. The zero-order chi connectivity index (χ0) is 18.4. The molecule has 6 heteroatoms. The van der Waals surface area contributed by atoms with E-state index < -0.39 is 0 Å². The second-order valence-corrected chi connectivity index (χ2v) is 6.93. The third kappa shape index (κ3) is 4.67. The highest BCUT2D eigenvalue weighted by atomic mass is 32.1. The van der Waals surface area contributed by atoms with Crippen molar-refractivity contribution in [2.45, 2.75) is 6.42 Å². The van der Waals surface area contributed by atoms with Crippen molar-refractivity contribution in [2.24, 2.45) is 0 Å². The molecule has 0 aliphatic carbocycles. The van der Waals surface area contributed by atoms with Gasteiger partial charge >= 0.3 is 0 Å². The minimum Gasteiger partial charge on any atom is -0.372 e. The van der Waals surface area contributed by atoms with Gasteiger partial charge in [0, 0.05) is 26.2 Å². The SMILES string of the molecule is CN(CCCNC(=O)/C=C/c1nc2ccccc2s1)c1ccccc1F. The summed E-state index contributed by atoms with van der Waals surface area (Å²) in [7, 11) is 1.84. The van der Waals surface area contributed by atoms with Crippen LogP contribution in [0, 0.1) is 5.82 Å². The van der Waals surface area contributed by atoms with Gasteiger partial charge in [-0.25, -0.2) is 9.37 Å². The third-order valence-corrected chi connectivity index (χ3v) is 4.92. The van der Waals surface area contributed by atoms with Gasteiger partial charge in [-0.05, 0) is 36.8 Å². The number of hydrogen-bond acceptors (Lipinski definition) is 4. The average Bonchev–Trinajstić information content (AvgIpc) is 3.07. The molecule has 26 heavy (non-hydrogen) atoms. The van der Waals surface area contributed by atoms with Gasteiger partial charge in [0.15, 0.2) is 0 Å². The molecule has 0 spiro atoms. The van der Waals surface area contributed by atoms with E-state index in [1.165, 1.54) is 12.1 Å². The zero-order valence-corrected chi connectivity index (χ0v) is 15.3. The Kier molecular flexibility index (Phi) is 5.96. The molecule has 1 heterocycles. The molecular formula is C20H20FN3OS. The number of amides is 1. The second kappa shape index (κ2) is 8.58. The molecule has 3 rings (SSSR count). The molecular weight excluding hydrogens is 349 g/mol. The summed E-state index contributed by atoms with van der Waals surface area (Å²) < 4.78 is 14.8. The molecule has 0 aliphatic heterocycles. The van der Waals surface area contributed by atoms with Gasteiger partial charge in [0.1, 0.15) is 10.8 Å². The minimum absolute atomic E-state index is 0.155. The molecule has 1 N–H and O–H groups in total. The summed E-state index contributed by atoms with van der Waals surface area (Å²) >= 11 is 1.55. The van der Waals surface area contributed by atoms with Crippen LogP contribution in [0.5, 0.6) is 0 Å². The fraction of sp³-hybridized carbons (Fsp3) is 0.200. The Morgan fingerprint density at radius 1 is 1.23 bits per heavy atom. The lowest BCUT2D eigenvalue weighted by Gasteiger charge is -2.19. The Bertz CT molecular complexity index is 889. The number of rotatable bonds is 7. The molecule has 1 aromatic heterocycles. The summed E-state index contributed by atoms with van der Waals surface area (Å²) in [6.45, 7) is 1.19. The predicted octanol–water partition coefficient (Wildman–Crippen LogP) is 4.09. The number of aromatic nitrogens is 1. The topological polar surface area (TPSA) is 45.2 Å². The maximum atomic E-state index is 13.7. The van der Waals surface area contributed by atoms with Gasteiger partial charge in [0.05, 0.1) is 15.9 Å². The molecule has 2 aromatic carbocycles. The lowest BCUT2D eigenvalue weighted by atomic mass is 10.2. The van der Waals surface area contributed by atoms with Crippen molar-refractivity contribution >= 4 is 39.2 Å². The first kappa shape index (κ1) is 18.1. The molecule has 0 bridgehead atoms. The van der Waals surface area contributed by atoms with Crippen molar-refractivity contribution in [3.05, 3.63) is 65.4 Å². The Morgan fingerprint density at radius 2 is 2.00 bits per heavy atom. The normalized spacial score (nSPS) is 11.2. The van der Waals surface area contributed by atoms with Crippen LogP contribution >= 0.6 is 11.3 Å². The van der Waals surface area contributed by atoms with Crippen molar-refractivity contribution in [3.63, 3.8) is 0 Å². The maximum absolute atomic E-state index is 13.7. The smallest absolute Gasteiger partial charge is 0.244 e. The predicted molar refractivity (Wildman–Crippen MR) is 106 cm³/mol. The van der Waals surface area contributed by atoms with E-state index in [0.29, 0.717) is 18.8 Å². The number of anilines is 1. The Labute approximate surface area is 156 Å². The van der Waals surface area contributed by atoms with E-state index in [1.807, 2.05) is 42.3 Å². The lowest BCUT2D eigenvalue weighted by molar-refractivity contribution is -0.116. The van der Waals surface area contributed by atoms with Crippen LogP contribution in [-0.2, 0) is 4.79 Å². The number of halogens is 1. The van der Waals surface area contributed by atoms with Crippen LogP contribution < -0.4 is 10.2 Å². The van der Waals surface area contributed by atoms with Crippen LogP contribution in [0.2, 0.25) is 0 Å². The summed E-state index contributed by atoms with van der Waals surface area (Å²) in [4.78, 5) is 18.2. The summed E-state index contributed by atoms with van der Waals surface area (Å²) in [5.74, 6) is -0.393.